The van der Waals surface area contributed by atoms with Crippen molar-refractivity contribution >= 4 is 28.4 Å². The fourth-order valence-electron chi connectivity index (χ4n) is 3.71. The standard InChI is InChI=1S/C24H20F4N2O6/c1-2-17(30-11-29-16-6-4-3-5-13(16)24(30)35)18(31)7-12(8-20(33)34)19(32)10-36-23-21(27)14(25)9-15(26)22(23)28/h3-6,9,11-12,17H,2,7-8,10H2,1H3,(H,33,34)/t12-,17-/m0/s1. The van der Waals surface area contributed by atoms with Crippen LogP contribution in [0.5, 0.6) is 5.75 Å². The molecule has 0 aliphatic heterocycles. The van der Waals surface area contributed by atoms with Gasteiger partial charge in [0.25, 0.3) is 5.56 Å². The molecule has 1 heterocycles. The second-order valence-electron chi connectivity index (χ2n) is 7.92. The summed E-state index contributed by atoms with van der Waals surface area (Å²) in [6, 6.07) is 5.32. The minimum absolute atomic E-state index is 0.0419. The van der Waals surface area contributed by atoms with E-state index in [9.17, 15) is 41.8 Å². The smallest absolute Gasteiger partial charge is 0.304 e. The first-order valence-electron chi connectivity index (χ1n) is 10.7. The van der Waals surface area contributed by atoms with Crippen LogP contribution < -0.4 is 10.3 Å². The summed E-state index contributed by atoms with van der Waals surface area (Å²) in [5.74, 6) is -13.4. The van der Waals surface area contributed by atoms with Crippen molar-refractivity contribution in [1.82, 2.24) is 9.55 Å². The van der Waals surface area contributed by atoms with Crippen LogP contribution in [0.2, 0.25) is 0 Å². The Labute approximate surface area is 201 Å². The van der Waals surface area contributed by atoms with Crippen LogP contribution in [-0.2, 0) is 14.4 Å². The molecule has 0 amide bonds. The Kier molecular flexibility index (Phi) is 8.18. The van der Waals surface area contributed by atoms with Gasteiger partial charge in [-0.3, -0.25) is 23.7 Å². The third kappa shape index (κ3) is 5.58. The number of nitrogens with zero attached hydrogens (tertiary/aromatic N) is 2. The van der Waals surface area contributed by atoms with Crippen molar-refractivity contribution in [2.75, 3.05) is 6.61 Å². The summed E-state index contributed by atoms with van der Waals surface area (Å²) in [5.41, 5.74) is -0.102. The van der Waals surface area contributed by atoms with Crippen LogP contribution in [0.15, 0.2) is 41.5 Å². The summed E-state index contributed by atoms with van der Waals surface area (Å²) < 4.78 is 60.0. The number of carboxylic acids is 1. The van der Waals surface area contributed by atoms with Crippen molar-refractivity contribution in [3.05, 3.63) is 70.3 Å². The molecule has 2 aromatic carbocycles. The fraction of sp³-hybridized carbons (Fsp3) is 0.292. The van der Waals surface area contributed by atoms with Crippen LogP contribution >= 0.6 is 0 Å². The predicted molar refractivity (Wildman–Crippen MR) is 117 cm³/mol. The van der Waals surface area contributed by atoms with Crippen LogP contribution in [0, 0.1) is 29.2 Å². The van der Waals surface area contributed by atoms with Gasteiger partial charge in [0.05, 0.1) is 29.7 Å². The summed E-state index contributed by atoms with van der Waals surface area (Å²) in [6.07, 6.45) is -0.188. The summed E-state index contributed by atoms with van der Waals surface area (Å²) >= 11 is 0. The molecule has 3 aromatic rings. The number of hydrogen-bond donors (Lipinski definition) is 1. The number of Topliss-reactive ketones (excluding diaryl/α,β-unsaturated/α-hetero) is 2. The van der Waals surface area contributed by atoms with Gasteiger partial charge < -0.3 is 9.84 Å². The van der Waals surface area contributed by atoms with Gasteiger partial charge in [0.1, 0.15) is 6.61 Å². The Morgan fingerprint density at radius 1 is 1.03 bits per heavy atom. The molecule has 12 heteroatoms. The third-order valence-corrected chi connectivity index (χ3v) is 5.54. The highest BCUT2D eigenvalue weighted by molar-refractivity contribution is 5.92. The van der Waals surface area contributed by atoms with Gasteiger partial charge in [-0.05, 0) is 18.6 Å². The Balaban J connectivity index is 1.82. The molecule has 36 heavy (non-hydrogen) atoms. The summed E-state index contributed by atoms with van der Waals surface area (Å²) in [4.78, 5) is 54.0. The van der Waals surface area contributed by atoms with Crippen molar-refractivity contribution in [2.45, 2.75) is 32.2 Å². The number of ketones is 2. The zero-order chi connectivity index (χ0) is 26.6. The van der Waals surface area contributed by atoms with Crippen molar-refractivity contribution in [3.8, 4) is 5.75 Å². The number of carboxylic acid groups (broad SMARTS) is 1. The molecule has 0 unspecified atom stereocenters. The van der Waals surface area contributed by atoms with E-state index in [2.05, 4.69) is 9.72 Å². The van der Waals surface area contributed by atoms with Gasteiger partial charge in [-0.25, -0.2) is 13.8 Å². The molecule has 0 fully saturated rings. The summed E-state index contributed by atoms with van der Waals surface area (Å²) in [6.45, 7) is 0.446. The number of benzene rings is 2. The van der Waals surface area contributed by atoms with Gasteiger partial charge >= 0.3 is 5.97 Å². The number of aliphatic carboxylic acids is 1. The first-order valence-corrected chi connectivity index (χ1v) is 10.7. The average Bonchev–Trinajstić information content (AvgIpc) is 2.84. The maximum absolute atomic E-state index is 13.8. The van der Waals surface area contributed by atoms with Gasteiger partial charge in [-0.2, -0.15) is 8.78 Å². The van der Waals surface area contributed by atoms with E-state index < -0.39 is 83.5 Å². The average molecular weight is 508 g/mol. The monoisotopic (exact) mass is 508 g/mol. The molecule has 2 atom stereocenters. The van der Waals surface area contributed by atoms with E-state index in [0.717, 1.165) is 4.57 Å². The Morgan fingerprint density at radius 3 is 2.28 bits per heavy atom. The van der Waals surface area contributed by atoms with Gasteiger partial charge in [0, 0.05) is 18.4 Å². The first-order chi connectivity index (χ1) is 17.0. The van der Waals surface area contributed by atoms with Crippen LogP contribution in [0.3, 0.4) is 0 Å². The molecule has 0 spiro atoms. The van der Waals surface area contributed by atoms with E-state index in [1.54, 1.807) is 25.1 Å². The maximum Gasteiger partial charge on any atom is 0.304 e. The van der Waals surface area contributed by atoms with E-state index in [1.807, 2.05) is 0 Å². The molecular formula is C24H20F4N2O6. The Morgan fingerprint density at radius 2 is 1.67 bits per heavy atom. The Hall–Kier alpha value is -4.09. The molecule has 0 aliphatic carbocycles. The zero-order valence-corrected chi connectivity index (χ0v) is 18.8. The number of para-hydroxylation sites is 1. The number of aromatic nitrogens is 2. The SMILES string of the molecule is CC[C@@H](C(=O)C[C@@H](CC(=O)O)C(=O)COc1c(F)c(F)cc(F)c1F)n1cnc2ccccc2c1=O. The molecule has 0 saturated carbocycles. The highest BCUT2D eigenvalue weighted by Gasteiger charge is 2.30. The van der Waals surface area contributed by atoms with E-state index in [4.69, 9.17) is 0 Å². The van der Waals surface area contributed by atoms with Crippen molar-refractivity contribution in [1.29, 1.82) is 0 Å². The lowest BCUT2D eigenvalue weighted by molar-refractivity contribution is -0.142. The number of carbonyl (C=O) groups is 3. The lowest BCUT2D eigenvalue weighted by atomic mass is 9.91. The van der Waals surface area contributed by atoms with Gasteiger partial charge in [0.2, 0.25) is 11.6 Å². The minimum atomic E-state index is -1.87. The predicted octanol–water partition coefficient (Wildman–Crippen LogP) is 3.60. The van der Waals surface area contributed by atoms with Crippen molar-refractivity contribution < 1.29 is 41.8 Å². The zero-order valence-electron chi connectivity index (χ0n) is 18.8. The lowest BCUT2D eigenvalue weighted by Crippen LogP contribution is -2.33. The van der Waals surface area contributed by atoms with Crippen LogP contribution in [0.1, 0.15) is 32.2 Å². The van der Waals surface area contributed by atoms with E-state index >= 15 is 0 Å². The minimum Gasteiger partial charge on any atom is -0.481 e. The molecule has 0 saturated heterocycles. The molecule has 0 aliphatic rings. The number of hydrogen-bond acceptors (Lipinski definition) is 6. The number of rotatable bonds is 11. The van der Waals surface area contributed by atoms with Crippen molar-refractivity contribution in [3.63, 3.8) is 0 Å². The van der Waals surface area contributed by atoms with Crippen LogP contribution in [0.25, 0.3) is 10.9 Å². The molecule has 1 aromatic heterocycles. The van der Waals surface area contributed by atoms with Crippen LogP contribution in [-0.4, -0.2) is 38.8 Å². The molecule has 8 nitrogen and oxygen atoms in total. The van der Waals surface area contributed by atoms with Crippen LogP contribution in [0.4, 0.5) is 17.6 Å². The third-order valence-electron chi connectivity index (χ3n) is 5.54. The molecule has 3 rings (SSSR count). The normalized spacial score (nSPS) is 12.8. The lowest BCUT2D eigenvalue weighted by Gasteiger charge is -2.20. The van der Waals surface area contributed by atoms with E-state index in [1.165, 1.54) is 12.4 Å². The molecule has 0 bridgehead atoms. The van der Waals surface area contributed by atoms with Gasteiger partial charge in [-0.15, -0.1) is 0 Å². The Bertz CT molecular complexity index is 1360. The number of halogens is 4. The maximum atomic E-state index is 13.8. The molecular weight excluding hydrogens is 488 g/mol. The summed E-state index contributed by atoms with van der Waals surface area (Å²) in [5, 5.41) is 9.43. The highest BCUT2D eigenvalue weighted by Crippen LogP contribution is 2.27. The van der Waals surface area contributed by atoms with E-state index in [0.29, 0.717) is 5.52 Å². The number of ether oxygens (including phenoxy) is 1. The topological polar surface area (TPSA) is 116 Å². The number of fused-ring (bicyclic) bond motifs is 1. The largest absolute Gasteiger partial charge is 0.481 e. The fourth-order valence-corrected chi connectivity index (χ4v) is 3.71. The van der Waals surface area contributed by atoms with Crippen molar-refractivity contribution in [2.24, 2.45) is 5.92 Å². The summed E-state index contributed by atoms with van der Waals surface area (Å²) in [7, 11) is 0. The molecule has 1 N–H and O–H groups in total. The molecule has 0 radical (unpaired) electrons. The highest BCUT2D eigenvalue weighted by atomic mass is 19.2. The second-order valence-corrected chi connectivity index (χ2v) is 7.92. The first kappa shape index (κ1) is 26.5. The quantitative estimate of drug-likeness (QED) is 0.311. The van der Waals surface area contributed by atoms with E-state index in [-0.39, 0.29) is 17.9 Å². The second kappa shape index (κ2) is 11.1. The molecule has 190 valence electrons. The van der Waals surface area contributed by atoms with Gasteiger partial charge in [0.15, 0.2) is 29.0 Å². The number of carbonyl (C=O) groups excluding carboxylic acids is 2. The van der Waals surface area contributed by atoms with Gasteiger partial charge in [-0.1, -0.05) is 19.1 Å².